The summed E-state index contributed by atoms with van der Waals surface area (Å²) in [6, 6.07) is 11.3. The Bertz CT molecular complexity index is 1780. The zero-order chi connectivity index (χ0) is 34.3. The van der Waals surface area contributed by atoms with E-state index in [1.54, 1.807) is 11.1 Å². The lowest BCUT2D eigenvalue weighted by atomic mass is 9.91. The second kappa shape index (κ2) is 13.4. The Morgan fingerprint density at radius 1 is 1.02 bits per heavy atom. The number of carbonyl (C=O) groups is 2. The summed E-state index contributed by atoms with van der Waals surface area (Å²) >= 11 is 7.77. The summed E-state index contributed by atoms with van der Waals surface area (Å²) in [6.07, 6.45) is 0.450. The lowest BCUT2D eigenvalue weighted by Gasteiger charge is -2.40. The predicted octanol–water partition coefficient (Wildman–Crippen LogP) is 7.86. The van der Waals surface area contributed by atoms with Crippen LogP contribution in [-0.4, -0.2) is 75.9 Å². The van der Waals surface area contributed by atoms with Crippen LogP contribution >= 0.6 is 22.9 Å². The number of hydrogen-bond acceptors (Lipinski definition) is 10. The molecule has 0 radical (unpaired) electrons. The maximum Gasteiger partial charge on any atom is 0.410 e. The van der Waals surface area contributed by atoms with Crippen molar-refractivity contribution in [1.82, 2.24) is 19.9 Å². The number of rotatable bonds is 6. The van der Waals surface area contributed by atoms with Crippen LogP contribution in [0.3, 0.4) is 0 Å². The first-order valence-corrected chi connectivity index (χ1v) is 16.8. The summed E-state index contributed by atoms with van der Waals surface area (Å²) < 4.78 is 18.1. The molecule has 2 aromatic heterocycles. The Hall–Kier alpha value is -3.80. The first-order valence-electron chi connectivity index (χ1n) is 15.6. The van der Waals surface area contributed by atoms with Crippen molar-refractivity contribution < 1.29 is 23.8 Å². The van der Waals surface area contributed by atoms with Gasteiger partial charge in [-0.25, -0.2) is 24.5 Å². The van der Waals surface area contributed by atoms with Crippen LogP contribution in [0, 0.1) is 6.92 Å². The number of fused-ring (bicyclic) bond motifs is 1. The zero-order valence-corrected chi connectivity index (χ0v) is 30.0. The fraction of sp³-hybridized carbons (Fsp3) is 0.457. The standard InChI is InChI=1S/C35H42ClN5O5S/c1-20-18-25-29(27(22-10-12-23(36)13-11-22)26(20)28(31(42)44-9)45-34(3,4)5)47-30(38-25)24-14-15-37-32(39-24)40-16-17-41(21(2)19-40)33(43)46-35(6,7)8/h10-15,18,21,28H,16-17,19H2,1-9H3/t21?,28-/m0/s1. The quantitative estimate of drug-likeness (QED) is 0.188. The van der Waals surface area contributed by atoms with Gasteiger partial charge in [0.25, 0.3) is 0 Å². The number of amides is 1. The smallest absolute Gasteiger partial charge is 0.410 e. The fourth-order valence-corrected chi connectivity index (χ4v) is 6.82. The van der Waals surface area contributed by atoms with Gasteiger partial charge in [-0.05, 0) is 90.8 Å². The van der Waals surface area contributed by atoms with Gasteiger partial charge in [0, 0.05) is 48.0 Å². The maximum atomic E-state index is 13.2. The van der Waals surface area contributed by atoms with Gasteiger partial charge in [-0.1, -0.05) is 23.7 Å². The van der Waals surface area contributed by atoms with Crippen molar-refractivity contribution in [2.45, 2.75) is 78.7 Å². The SMILES string of the molecule is COC(=O)[C@@H](OC(C)(C)C)c1c(C)cc2nc(-c3ccnc(N4CCN(C(=O)OC(C)(C)C)C(C)C4)n3)sc2c1-c1ccc(Cl)cc1. The molecule has 250 valence electrons. The van der Waals surface area contributed by atoms with E-state index in [9.17, 15) is 9.59 Å². The molecule has 1 aliphatic heterocycles. The minimum absolute atomic E-state index is 0.0882. The van der Waals surface area contributed by atoms with E-state index in [2.05, 4.69) is 9.88 Å². The molecule has 0 saturated carbocycles. The summed E-state index contributed by atoms with van der Waals surface area (Å²) in [4.78, 5) is 44.3. The van der Waals surface area contributed by atoms with Crippen molar-refractivity contribution in [3.05, 3.63) is 58.7 Å². The number of thiazole rings is 1. The third-order valence-corrected chi connectivity index (χ3v) is 8.97. The average molecular weight is 680 g/mol. The molecule has 1 amide bonds. The summed E-state index contributed by atoms with van der Waals surface area (Å²) in [5.41, 5.74) is 3.54. The first-order chi connectivity index (χ1) is 22.0. The molecule has 1 aliphatic rings. The monoisotopic (exact) mass is 679 g/mol. The topological polar surface area (TPSA) is 107 Å². The van der Waals surface area contributed by atoms with E-state index < -0.39 is 23.3 Å². The number of nitrogens with zero attached hydrogens (tertiary/aromatic N) is 5. The number of halogens is 1. The van der Waals surface area contributed by atoms with Gasteiger partial charge in [-0.15, -0.1) is 11.3 Å². The van der Waals surface area contributed by atoms with Gasteiger partial charge in [0.05, 0.1) is 22.9 Å². The molecule has 3 heterocycles. The predicted molar refractivity (Wildman–Crippen MR) is 186 cm³/mol. The number of carbonyl (C=O) groups excluding carboxylic acids is 2. The van der Waals surface area contributed by atoms with E-state index in [1.165, 1.54) is 18.4 Å². The molecule has 1 unspecified atom stereocenters. The molecule has 0 aliphatic carbocycles. The highest BCUT2D eigenvalue weighted by molar-refractivity contribution is 7.22. The second-order valence-electron chi connectivity index (χ2n) is 13.7. The molecule has 10 nitrogen and oxygen atoms in total. The molecule has 1 fully saturated rings. The number of hydrogen-bond donors (Lipinski definition) is 0. The maximum absolute atomic E-state index is 13.2. The van der Waals surface area contributed by atoms with E-state index in [0.29, 0.717) is 41.3 Å². The largest absolute Gasteiger partial charge is 0.467 e. The third kappa shape index (κ3) is 7.85. The van der Waals surface area contributed by atoms with Gasteiger partial charge in [-0.3, -0.25) is 0 Å². The molecular formula is C35H42ClN5O5S. The second-order valence-corrected chi connectivity index (χ2v) is 15.1. The number of ether oxygens (including phenoxy) is 3. The molecule has 47 heavy (non-hydrogen) atoms. The van der Waals surface area contributed by atoms with E-state index in [1.807, 2.05) is 91.8 Å². The lowest BCUT2D eigenvalue weighted by Crippen LogP contribution is -2.55. The van der Waals surface area contributed by atoms with Crippen LogP contribution in [0.4, 0.5) is 10.7 Å². The van der Waals surface area contributed by atoms with E-state index in [4.69, 9.17) is 35.8 Å². The Labute approximate surface area is 285 Å². The number of piperazine rings is 1. The molecule has 2 aromatic carbocycles. The Kier molecular flexibility index (Phi) is 9.82. The Morgan fingerprint density at radius 3 is 2.34 bits per heavy atom. The highest BCUT2D eigenvalue weighted by Gasteiger charge is 2.34. The molecule has 2 atom stereocenters. The van der Waals surface area contributed by atoms with Crippen LogP contribution < -0.4 is 4.90 Å². The summed E-state index contributed by atoms with van der Waals surface area (Å²) in [7, 11) is 1.37. The van der Waals surface area contributed by atoms with Crippen molar-refractivity contribution in [3.63, 3.8) is 0 Å². The number of esters is 1. The van der Waals surface area contributed by atoms with Crippen LogP contribution in [0.25, 0.3) is 32.0 Å². The minimum Gasteiger partial charge on any atom is -0.467 e. The fourth-order valence-electron chi connectivity index (χ4n) is 5.60. The average Bonchev–Trinajstić information content (AvgIpc) is 3.42. The number of methoxy groups -OCH3 is 1. The van der Waals surface area contributed by atoms with E-state index in [-0.39, 0.29) is 12.1 Å². The van der Waals surface area contributed by atoms with Gasteiger partial charge >= 0.3 is 12.1 Å². The van der Waals surface area contributed by atoms with Crippen molar-refractivity contribution in [3.8, 4) is 21.8 Å². The molecule has 0 bridgehead atoms. The first kappa shape index (κ1) is 34.5. The molecule has 1 saturated heterocycles. The summed E-state index contributed by atoms with van der Waals surface area (Å²) in [5, 5.41) is 1.32. The molecular weight excluding hydrogens is 638 g/mol. The highest BCUT2D eigenvalue weighted by Crippen LogP contribution is 2.44. The minimum atomic E-state index is -0.965. The van der Waals surface area contributed by atoms with E-state index >= 15 is 0 Å². The van der Waals surface area contributed by atoms with Crippen LogP contribution in [0.1, 0.15) is 65.7 Å². The summed E-state index contributed by atoms with van der Waals surface area (Å²) in [5.74, 6) is 0.0836. The number of benzene rings is 2. The van der Waals surface area contributed by atoms with Crippen molar-refractivity contribution in [2.24, 2.45) is 0 Å². The van der Waals surface area contributed by atoms with Crippen LogP contribution in [0.2, 0.25) is 5.02 Å². The highest BCUT2D eigenvalue weighted by atomic mass is 35.5. The van der Waals surface area contributed by atoms with E-state index in [0.717, 1.165) is 32.5 Å². The third-order valence-electron chi connectivity index (χ3n) is 7.61. The van der Waals surface area contributed by atoms with Crippen LogP contribution in [0.5, 0.6) is 0 Å². The molecule has 4 aromatic rings. The molecule has 5 rings (SSSR count). The number of anilines is 1. The molecule has 0 spiro atoms. The van der Waals surface area contributed by atoms with Crippen molar-refractivity contribution in [2.75, 3.05) is 31.6 Å². The van der Waals surface area contributed by atoms with Gasteiger partial charge < -0.3 is 24.0 Å². The van der Waals surface area contributed by atoms with Crippen LogP contribution in [-0.2, 0) is 19.0 Å². The van der Waals surface area contributed by atoms with Gasteiger partial charge in [0.2, 0.25) is 5.95 Å². The molecule has 0 N–H and O–H groups in total. The summed E-state index contributed by atoms with van der Waals surface area (Å²) in [6.45, 7) is 16.9. The zero-order valence-electron chi connectivity index (χ0n) is 28.4. The number of aromatic nitrogens is 3. The lowest BCUT2D eigenvalue weighted by molar-refractivity contribution is -0.164. The normalized spacial score (nSPS) is 16.3. The van der Waals surface area contributed by atoms with Gasteiger partial charge in [0.1, 0.15) is 16.3 Å². The molecule has 12 heteroatoms. The van der Waals surface area contributed by atoms with Gasteiger partial charge in [-0.2, -0.15) is 0 Å². The van der Waals surface area contributed by atoms with Crippen LogP contribution in [0.15, 0.2) is 42.6 Å². The van der Waals surface area contributed by atoms with Crippen molar-refractivity contribution >= 4 is 51.2 Å². The van der Waals surface area contributed by atoms with Gasteiger partial charge in [0.15, 0.2) is 6.10 Å². The van der Waals surface area contributed by atoms with Crippen molar-refractivity contribution in [1.29, 1.82) is 0 Å². The number of aryl methyl sites for hydroxylation is 1. The Balaban J connectivity index is 1.55. The Morgan fingerprint density at radius 2 is 1.72 bits per heavy atom.